The number of nitrogens with one attached hydrogen (secondary N) is 1. The number of amides is 1. The largest absolute Gasteiger partial charge is 0.466 e. The third-order valence-corrected chi connectivity index (χ3v) is 3.67. The van der Waals surface area contributed by atoms with E-state index in [2.05, 4.69) is 25.0 Å². The summed E-state index contributed by atoms with van der Waals surface area (Å²) in [5.74, 6) is -1.55. The lowest BCUT2D eigenvalue weighted by molar-refractivity contribution is -0.135. The van der Waals surface area contributed by atoms with Crippen molar-refractivity contribution in [2.75, 3.05) is 13.7 Å². The Hall–Kier alpha value is -2.75. The Morgan fingerprint density at radius 2 is 2.21 bits per heavy atom. The lowest BCUT2D eigenvalue weighted by Crippen LogP contribution is -2.20. The number of aliphatic imine (C=N–C) groups is 1. The molecule has 10 heteroatoms. The molecule has 0 unspecified atom stereocenters. The van der Waals surface area contributed by atoms with Gasteiger partial charge in [0.05, 0.1) is 29.9 Å². The number of carbonyl (C=O) groups is 3. The van der Waals surface area contributed by atoms with Crippen molar-refractivity contribution in [1.82, 2.24) is 15.3 Å². The Morgan fingerprint density at radius 1 is 1.46 bits per heavy atom. The van der Waals surface area contributed by atoms with E-state index in [9.17, 15) is 14.4 Å². The van der Waals surface area contributed by atoms with E-state index in [-0.39, 0.29) is 28.2 Å². The van der Waals surface area contributed by atoms with Gasteiger partial charge in [-0.3, -0.25) is 4.79 Å². The highest BCUT2D eigenvalue weighted by Crippen LogP contribution is 2.25. The minimum Gasteiger partial charge on any atom is -0.466 e. The fraction of sp³-hybridized carbons (Fsp3) is 0.286. The van der Waals surface area contributed by atoms with Gasteiger partial charge in [0, 0.05) is 12.3 Å². The third kappa shape index (κ3) is 4.16. The van der Waals surface area contributed by atoms with Crippen molar-refractivity contribution in [3.05, 3.63) is 28.4 Å². The van der Waals surface area contributed by atoms with Crippen molar-refractivity contribution in [3.63, 3.8) is 0 Å². The number of aromatic nitrogens is 2. The average Bonchev–Trinajstić information content (AvgIpc) is 2.86. The number of nitrogens with zero attached hydrogens (tertiary/aromatic N) is 3. The van der Waals surface area contributed by atoms with Crippen LogP contribution in [0.3, 0.4) is 0 Å². The quantitative estimate of drug-likeness (QED) is 0.627. The molecule has 24 heavy (non-hydrogen) atoms. The minimum absolute atomic E-state index is 0.0719. The highest BCUT2D eigenvalue weighted by Gasteiger charge is 2.25. The molecular weight excluding hydrogens is 336 g/mol. The molecule has 1 fully saturated rings. The summed E-state index contributed by atoms with van der Waals surface area (Å²) in [6, 6.07) is 0. The molecule has 0 aliphatic carbocycles. The second-order valence-corrected chi connectivity index (χ2v) is 5.43. The normalized spacial score (nSPS) is 17.0. The molecule has 126 valence electrons. The first kappa shape index (κ1) is 17.6. The van der Waals surface area contributed by atoms with Crippen molar-refractivity contribution in [2.24, 2.45) is 4.99 Å². The van der Waals surface area contributed by atoms with Crippen LogP contribution in [-0.2, 0) is 19.1 Å². The summed E-state index contributed by atoms with van der Waals surface area (Å²) in [6.07, 6.45) is 2.38. The zero-order valence-corrected chi connectivity index (χ0v) is 14.0. The molecule has 2 rings (SSSR count). The molecule has 0 saturated carbocycles. The van der Waals surface area contributed by atoms with Crippen LogP contribution in [-0.4, -0.2) is 46.7 Å². The topological polar surface area (TPSA) is 120 Å². The van der Waals surface area contributed by atoms with Crippen molar-refractivity contribution < 1.29 is 23.9 Å². The summed E-state index contributed by atoms with van der Waals surface area (Å²) in [5, 5.41) is 2.71. The van der Waals surface area contributed by atoms with Gasteiger partial charge in [0.25, 0.3) is 11.9 Å². The number of esters is 2. The van der Waals surface area contributed by atoms with Crippen molar-refractivity contribution >= 4 is 40.7 Å². The summed E-state index contributed by atoms with van der Waals surface area (Å²) in [5.41, 5.74) is 0.651. The van der Waals surface area contributed by atoms with Gasteiger partial charge in [-0.25, -0.2) is 19.6 Å². The summed E-state index contributed by atoms with van der Waals surface area (Å²) in [6.45, 7) is 3.58. The third-order valence-electron chi connectivity index (χ3n) is 2.76. The predicted octanol–water partition coefficient (Wildman–Crippen LogP) is 0.869. The highest BCUT2D eigenvalue weighted by molar-refractivity contribution is 8.18. The van der Waals surface area contributed by atoms with Gasteiger partial charge in [-0.1, -0.05) is 0 Å². The number of ether oxygens (including phenoxy) is 2. The van der Waals surface area contributed by atoms with E-state index in [1.54, 1.807) is 13.8 Å². The molecule has 9 nitrogen and oxygen atoms in total. The number of methoxy groups -OCH3 is 1. The maximum absolute atomic E-state index is 11.7. The van der Waals surface area contributed by atoms with Crippen LogP contribution in [0.1, 0.15) is 23.0 Å². The molecule has 1 aromatic heterocycles. The Kier molecular flexibility index (Phi) is 5.64. The van der Waals surface area contributed by atoms with Gasteiger partial charge in [0.15, 0.2) is 5.17 Å². The molecule has 1 saturated heterocycles. The molecule has 0 radical (unpaired) electrons. The number of amidine groups is 1. The van der Waals surface area contributed by atoms with Crippen molar-refractivity contribution in [1.29, 1.82) is 0 Å². The maximum atomic E-state index is 11.7. The van der Waals surface area contributed by atoms with E-state index in [0.29, 0.717) is 5.69 Å². The number of rotatable bonds is 4. The molecule has 1 aliphatic rings. The second kappa shape index (κ2) is 7.68. The Labute approximate surface area is 141 Å². The number of thioether (sulfide) groups is 1. The first-order valence-electron chi connectivity index (χ1n) is 6.83. The summed E-state index contributed by atoms with van der Waals surface area (Å²) in [7, 11) is 1.22. The first-order valence-corrected chi connectivity index (χ1v) is 7.64. The van der Waals surface area contributed by atoms with Gasteiger partial charge in [-0.15, -0.1) is 0 Å². The van der Waals surface area contributed by atoms with Gasteiger partial charge in [0.2, 0.25) is 0 Å². The van der Waals surface area contributed by atoms with Gasteiger partial charge in [0.1, 0.15) is 0 Å². The maximum Gasteiger partial charge on any atom is 0.341 e. The van der Waals surface area contributed by atoms with Crippen molar-refractivity contribution in [3.8, 4) is 0 Å². The predicted molar refractivity (Wildman–Crippen MR) is 85.7 cm³/mol. The molecule has 1 N–H and O–H groups in total. The van der Waals surface area contributed by atoms with Crippen molar-refractivity contribution in [2.45, 2.75) is 13.8 Å². The van der Waals surface area contributed by atoms with E-state index in [1.807, 2.05) is 0 Å². The van der Waals surface area contributed by atoms with Crippen LogP contribution in [0.15, 0.2) is 22.2 Å². The van der Waals surface area contributed by atoms with Gasteiger partial charge in [-0.05, 0) is 25.6 Å². The Balaban J connectivity index is 2.19. The lowest BCUT2D eigenvalue weighted by atomic mass is 10.2. The molecular formula is C14H14N4O5S. The molecule has 0 spiro atoms. The number of hydrogen-bond acceptors (Lipinski definition) is 9. The van der Waals surface area contributed by atoms with E-state index in [4.69, 9.17) is 4.74 Å². The molecule has 2 heterocycles. The first-order chi connectivity index (χ1) is 11.4. The SMILES string of the molecule is CCOC(=O)c1cnc(N=C2NC(=O)C(=CC(=O)OC)S2)nc1C. The minimum atomic E-state index is -0.639. The zero-order valence-electron chi connectivity index (χ0n) is 13.2. The highest BCUT2D eigenvalue weighted by atomic mass is 32.2. The smallest absolute Gasteiger partial charge is 0.341 e. The number of aryl methyl sites for hydroxylation is 1. The molecule has 1 amide bonds. The summed E-state index contributed by atoms with van der Waals surface area (Å²) in [4.78, 5) is 46.9. The average molecular weight is 350 g/mol. The lowest BCUT2D eigenvalue weighted by Gasteiger charge is -2.04. The summed E-state index contributed by atoms with van der Waals surface area (Å²) >= 11 is 0.960. The van der Waals surface area contributed by atoms with Gasteiger partial charge >= 0.3 is 11.9 Å². The monoisotopic (exact) mass is 350 g/mol. The standard InChI is InChI=1S/C14H14N4O5S/c1-4-23-12(21)8-6-15-13(16-7(8)2)18-14-17-11(20)9(24-14)5-10(19)22-3/h5-6H,4H2,1-3H3,(H,15,16,17,18,20). The van der Waals surface area contributed by atoms with Crippen LogP contribution < -0.4 is 5.32 Å². The van der Waals surface area contributed by atoms with E-state index >= 15 is 0 Å². The van der Waals surface area contributed by atoms with E-state index in [0.717, 1.165) is 17.8 Å². The van der Waals surface area contributed by atoms with Gasteiger partial charge in [-0.2, -0.15) is 4.99 Å². The van der Waals surface area contributed by atoms with Gasteiger partial charge < -0.3 is 14.8 Å². The molecule has 0 atom stereocenters. The molecule has 1 aromatic rings. The van der Waals surface area contributed by atoms with E-state index in [1.165, 1.54) is 13.3 Å². The second-order valence-electron chi connectivity index (χ2n) is 4.39. The van der Waals surface area contributed by atoms with Crippen LogP contribution in [0.25, 0.3) is 0 Å². The van der Waals surface area contributed by atoms with Crippen LogP contribution in [0.5, 0.6) is 0 Å². The zero-order chi connectivity index (χ0) is 17.7. The number of carbonyl (C=O) groups excluding carboxylic acids is 3. The molecule has 0 bridgehead atoms. The Bertz CT molecular complexity index is 760. The number of hydrogen-bond donors (Lipinski definition) is 1. The van der Waals surface area contributed by atoms with E-state index < -0.39 is 17.8 Å². The van der Waals surface area contributed by atoms with Crippen LogP contribution >= 0.6 is 11.8 Å². The summed E-state index contributed by atoms with van der Waals surface area (Å²) < 4.78 is 9.36. The molecule has 0 aromatic carbocycles. The van der Waals surface area contributed by atoms with Crippen LogP contribution in [0.4, 0.5) is 5.95 Å². The van der Waals surface area contributed by atoms with Crippen LogP contribution in [0, 0.1) is 6.92 Å². The Morgan fingerprint density at radius 3 is 2.83 bits per heavy atom. The fourth-order valence-corrected chi connectivity index (χ4v) is 2.43. The molecule has 1 aliphatic heterocycles. The fourth-order valence-electron chi connectivity index (χ4n) is 1.66. The van der Waals surface area contributed by atoms with Crippen LogP contribution in [0.2, 0.25) is 0 Å².